The van der Waals surface area contributed by atoms with E-state index >= 15 is 0 Å². The summed E-state index contributed by atoms with van der Waals surface area (Å²) in [5.74, 6) is 0.916. The van der Waals surface area contributed by atoms with Crippen LogP contribution >= 0.6 is 0 Å². The summed E-state index contributed by atoms with van der Waals surface area (Å²) in [7, 11) is 1.50. The van der Waals surface area contributed by atoms with Crippen molar-refractivity contribution in [1.29, 1.82) is 0 Å². The number of amides is 1. The van der Waals surface area contributed by atoms with Crippen LogP contribution in [0.3, 0.4) is 0 Å². The third-order valence-electron chi connectivity index (χ3n) is 1.95. The van der Waals surface area contributed by atoms with E-state index in [2.05, 4.69) is 5.32 Å². The molecule has 5 heteroatoms. The van der Waals surface area contributed by atoms with Crippen LogP contribution in [0.2, 0.25) is 0 Å². The molecule has 1 N–H and O–H groups in total. The third-order valence-corrected chi connectivity index (χ3v) is 1.95. The van der Waals surface area contributed by atoms with Gasteiger partial charge in [0.25, 0.3) is 0 Å². The molecule has 17 heavy (non-hydrogen) atoms. The van der Waals surface area contributed by atoms with Gasteiger partial charge in [0.15, 0.2) is 11.5 Å². The molecule has 0 aliphatic carbocycles. The second kappa shape index (κ2) is 7.51. The van der Waals surface area contributed by atoms with Crippen LogP contribution in [0.15, 0.2) is 24.3 Å². The zero-order valence-electron chi connectivity index (χ0n) is 10.1. The van der Waals surface area contributed by atoms with Crippen LogP contribution in [0.1, 0.15) is 6.92 Å². The summed E-state index contributed by atoms with van der Waals surface area (Å²) in [6.45, 7) is 3.50. The highest BCUT2D eigenvalue weighted by molar-refractivity contribution is 5.70. The number of para-hydroxylation sites is 2. The van der Waals surface area contributed by atoms with Crippen molar-refractivity contribution in [1.82, 2.24) is 5.32 Å². The molecule has 5 nitrogen and oxygen atoms in total. The Kier molecular flexibility index (Phi) is 5.88. The zero-order chi connectivity index (χ0) is 12.5. The Labute approximate surface area is 101 Å². The van der Waals surface area contributed by atoms with Crippen LogP contribution in [-0.2, 0) is 4.74 Å². The van der Waals surface area contributed by atoms with Gasteiger partial charge in [-0.15, -0.1) is 0 Å². The van der Waals surface area contributed by atoms with Crippen LogP contribution in [0, 0.1) is 0 Å². The van der Waals surface area contributed by atoms with Gasteiger partial charge in [-0.05, 0) is 19.1 Å². The SMILES string of the molecule is CCOCCOc1ccccc1OC(=O)NC. The van der Waals surface area contributed by atoms with Crippen LogP contribution in [0.25, 0.3) is 0 Å². The van der Waals surface area contributed by atoms with Crippen molar-refractivity contribution in [3.05, 3.63) is 24.3 Å². The van der Waals surface area contributed by atoms with Crippen molar-refractivity contribution < 1.29 is 19.0 Å². The topological polar surface area (TPSA) is 56.8 Å². The molecule has 0 unspecified atom stereocenters. The first-order valence-electron chi connectivity index (χ1n) is 5.47. The van der Waals surface area contributed by atoms with E-state index in [0.29, 0.717) is 31.3 Å². The molecule has 94 valence electrons. The number of ether oxygens (including phenoxy) is 3. The van der Waals surface area contributed by atoms with Gasteiger partial charge in [-0.1, -0.05) is 12.1 Å². The van der Waals surface area contributed by atoms with Gasteiger partial charge in [0.1, 0.15) is 6.61 Å². The van der Waals surface area contributed by atoms with E-state index in [1.807, 2.05) is 13.0 Å². The highest BCUT2D eigenvalue weighted by Crippen LogP contribution is 2.26. The van der Waals surface area contributed by atoms with Crippen molar-refractivity contribution in [3.63, 3.8) is 0 Å². The van der Waals surface area contributed by atoms with Crippen LogP contribution < -0.4 is 14.8 Å². The maximum absolute atomic E-state index is 11.1. The minimum absolute atomic E-state index is 0.392. The smallest absolute Gasteiger partial charge is 0.412 e. The normalized spacial score (nSPS) is 9.76. The number of hydrogen-bond donors (Lipinski definition) is 1. The Morgan fingerprint density at radius 2 is 1.94 bits per heavy atom. The van der Waals surface area contributed by atoms with Gasteiger partial charge >= 0.3 is 6.09 Å². The summed E-state index contributed by atoms with van der Waals surface area (Å²) >= 11 is 0. The zero-order valence-corrected chi connectivity index (χ0v) is 10.1. The molecule has 0 aliphatic heterocycles. The molecular weight excluding hydrogens is 222 g/mol. The predicted molar refractivity (Wildman–Crippen MR) is 63.5 cm³/mol. The highest BCUT2D eigenvalue weighted by Gasteiger charge is 2.07. The molecule has 1 rings (SSSR count). The Hall–Kier alpha value is -1.75. The molecule has 1 aromatic rings. The first-order valence-corrected chi connectivity index (χ1v) is 5.47. The lowest BCUT2D eigenvalue weighted by atomic mass is 10.3. The van der Waals surface area contributed by atoms with E-state index in [9.17, 15) is 4.79 Å². The van der Waals surface area contributed by atoms with Gasteiger partial charge in [0.2, 0.25) is 0 Å². The monoisotopic (exact) mass is 239 g/mol. The molecule has 0 saturated carbocycles. The Morgan fingerprint density at radius 1 is 1.24 bits per heavy atom. The average Bonchev–Trinajstić information content (AvgIpc) is 2.36. The third kappa shape index (κ3) is 4.74. The second-order valence-electron chi connectivity index (χ2n) is 3.13. The molecule has 0 radical (unpaired) electrons. The largest absolute Gasteiger partial charge is 0.487 e. The highest BCUT2D eigenvalue weighted by atomic mass is 16.6. The fraction of sp³-hybridized carbons (Fsp3) is 0.417. The maximum atomic E-state index is 11.1. The summed E-state index contributed by atoms with van der Waals surface area (Å²) in [5.41, 5.74) is 0. The van der Waals surface area contributed by atoms with E-state index in [1.165, 1.54) is 7.05 Å². The fourth-order valence-electron chi connectivity index (χ4n) is 1.16. The predicted octanol–water partition coefficient (Wildman–Crippen LogP) is 1.82. The molecule has 0 aliphatic rings. The van der Waals surface area contributed by atoms with Crippen LogP contribution in [0.5, 0.6) is 11.5 Å². The molecule has 0 bridgehead atoms. The molecule has 0 fully saturated rings. The molecule has 1 aromatic carbocycles. The number of rotatable bonds is 6. The molecule has 0 saturated heterocycles. The molecule has 1 amide bonds. The Bertz CT molecular complexity index is 354. The summed E-state index contributed by atoms with van der Waals surface area (Å²) in [6.07, 6.45) is -0.522. The van der Waals surface area contributed by atoms with E-state index in [4.69, 9.17) is 14.2 Å². The summed E-state index contributed by atoms with van der Waals surface area (Å²) in [5, 5.41) is 2.38. The van der Waals surface area contributed by atoms with Gasteiger partial charge in [0, 0.05) is 13.7 Å². The number of hydrogen-bond acceptors (Lipinski definition) is 4. The van der Waals surface area contributed by atoms with Gasteiger partial charge in [-0.2, -0.15) is 0 Å². The Morgan fingerprint density at radius 3 is 2.59 bits per heavy atom. The lowest BCUT2D eigenvalue weighted by molar-refractivity contribution is 0.109. The van der Waals surface area contributed by atoms with Gasteiger partial charge in [-0.3, -0.25) is 0 Å². The minimum Gasteiger partial charge on any atom is -0.487 e. The van der Waals surface area contributed by atoms with Gasteiger partial charge in [0.05, 0.1) is 6.61 Å². The molecule has 0 heterocycles. The lowest BCUT2D eigenvalue weighted by Gasteiger charge is -2.10. The van der Waals surface area contributed by atoms with Gasteiger partial charge in [-0.25, -0.2) is 4.79 Å². The number of nitrogens with one attached hydrogen (secondary N) is 1. The van der Waals surface area contributed by atoms with Crippen LogP contribution in [0.4, 0.5) is 4.79 Å². The van der Waals surface area contributed by atoms with Crippen molar-refractivity contribution in [2.24, 2.45) is 0 Å². The summed E-state index contributed by atoms with van der Waals surface area (Å²) in [4.78, 5) is 11.1. The van der Waals surface area contributed by atoms with Crippen molar-refractivity contribution in [2.45, 2.75) is 6.92 Å². The molecule has 0 aromatic heterocycles. The first-order chi connectivity index (χ1) is 8.27. The number of benzene rings is 1. The van der Waals surface area contributed by atoms with Crippen LogP contribution in [-0.4, -0.2) is 33.0 Å². The lowest BCUT2D eigenvalue weighted by Crippen LogP contribution is -2.22. The standard InChI is InChI=1S/C12H17NO4/c1-3-15-8-9-16-10-6-4-5-7-11(10)17-12(14)13-2/h4-7H,3,8-9H2,1-2H3,(H,13,14). The number of carbonyl (C=O) groups excluding carboxylic acids is 1. The van der Waals surface area contributed by atoms with Crippen molar-refractivity contribution >= 4 is 6.09 Å². The van der Waals surface area contributed by atoms with E-state index in [-0.39, 0.29) is 0 Å². The molecule has 0 atom stereocenters. The van der Waals surface area contributed by atoms with Gasteiger partial charge < -0.3 is 19.5 Å². The Balaban J connectivity index is 2.54. The summed E-state index contributed by atoms with van der Waals surface area (Å²) < 4.78 is 15.6. The quantitative estimate of drug-likeness (QED) is 0.769. The first kappa shape index (κ1) is 13.3. The van der Waals surface area contributed by atoms with Crippen molar-refractivity contribution in [2.75, 3.05) is 26.9 Å². The maximum Gasteiger partial charge on any atom is 0.412 e. The van der Waals surface area contributed by atoms with E-state index < -0.39 is 6.09 Å². The summed E-state index contributed by atoms with van der Waals surface area (Å²) in [6, 6.07) is 7.00. The molecule has 0 spiro atoms. The number of carbonyl (C=O) groups is 1. The molecular formula is C12H17NO4. The van der Waals surface area contributed by atoms with E-state index in [1.54, 1.807) is 18.2 Å². The van der Waals surface area contributed by atoms with Crippen molar-refractivity contribution in [3.8, 4) is 11.5 Å². The fourth-order valence-corrected chi connectivity index (χ4v) is 1.16. The van der Waals surface area contributed by atoms with E-state index in [0.717, 1.165) is 0 Å². The second-order valence-corrected chi connectivity index (χ2v) is 3.13. The minimum atomic E-state index is -0.522. The average molecular weight is 239 g/mol.